The molecule has 0 aliphatic heterocycles. The maximum atomic E-state index is 9.06. The van der Waals surface area contributed by atoms with Crippen molar-refractivity contribution in [2.24, 2.45) is 5.92 Å². The van der Waals surface area contributed by atoms with Gasteiger partial charge in [-0.1, -0.05) is 26.0 Å². The molecule has 0 radical (unpaired) electrons. The molecule has 0 aliphatic rings. The van der Waals surface area contributed by atoms with Gasteiger partial charge in [-0.3, -0.25) is 0 Å². The summed E-state index contributed by atoms with van der Waals surface area (Å²) >= 11 is 0. The van der Waals surface area contributed by atoms with E-state index in [2.05, 4.69) is 13.5 Å². The van der Waals surface area contributed by atoms with Crippen molar-refractivity contribution in [1.82, 2.24) is 0 Å². The topological polar surface area (TPSA) is 20.2 Å². The summed E-state index contributed by atoms with van der Waals surface area (Å²) in [6.07, 6.45) is 0.712. The Morgan fingerprint density at radius 1 is 1.56 bits per heavy atom. The van der Waals surface area contributed by atoms with E-state index in [1.807, 2.05) is 6.92 Å². The largest absolute Gasteiger partial charge is 0.393 e. The Kier molecular flexibility index (Phi) is 3.55. The molecule has 0 unspecified atom stereocenters. The second kappa shape index (κ2) is 3.67. The normalized spacial score (nSPS) is 16.9. The van der Waals surface area contributed by atoms with Gasteiger partial charge in [0, 0.05) is 5.92 Å². The monoisotopic (exact) mass is 128 g/mol. The molecule has 0 rings (SSSR count). The molecular formula is C8H16O. The Hall–Kier alpha value is -0.300. The van der Waals surface area contributed by atoms with Gasteiger partial charge in [0.05, 0.1) is 6.10 Å². The number of hydrogen-bond acceptors (Lipinski definition) is 1. The van der Waals surface area contributed by atoms with Gasteiger partial charge >= 0.3 is 0 Å². The highest BCUT2D eigenvalue weighted by atomic mass is 16.3. The number of rotatable bonds is 3. The van der Waals surface area contributed by atoms with Crippen molar-refractivity contribution >= 4 is 0 Å². The molecule has 0 amide bonds. The summed E-state index contributed by atoms with van der Waals surface area (Å²) in [6.45, 7) is 9.68. The fraction of sp³-hybridized carbons (Fsp3) is 0.750. The maximum absolute atomic E-state index is 9.06. The maximum Gasteiger partial charge on any atom is 0.0574 e. The molecule has 1 N–H and O–H groups in total. The molecule has 2 atom stereocenters. The molecule has 0 saturated heterocycles. The molecule has 9 heavy (non-hydrogen) atoms. The molecule has 0 aromatic heterocycles. The first-order valence-electron chi connectivity index (χ1n) is 3.45. The van der Waals surface area contributed by atoms with Gasteiger partial charge in [-0.2, -0.15) is 0 Å². The standard InChI is InChI=1S/C8H16O/c1-5-6(2)7(3)8(4)9/h7-9H,2,5H2,1,3-4H3/t7-,8-/m0/s1. The predicted octanol–water partition coefficient (Wildman–Crippen LogP) is 1.97. The zero-order valence-corrected chi connectivity index (χ0v) is 6.52. The third kappa shape index (κ3) is 2.66. The minimum atomic E-state index is -0.252. The summed E-state index contributed by atoms with van der Waals surface area (Å²) in [4.78, 5) is 0. The quantitative estimate of drug-likeness (QED) is 0.576. The molecular weight excluding hydrogens is 112 g/mol. The van der Waals surface area contributed by atoms with E-state index >= 15 is 0 Å². The van der Waals surface area contributed by atoms with Crippen LogP contribution in [0.1, 0.15) is 27.2 Å². The minimum Gasteiger partial charge on any atom is -0.393 e. The van der Waals surface area contributed by atoms with Crippen molar-refractivity contribution in [1.29, 1.82) is 0 Å². The van der Waals surface area contributed by atoms with Gasteiger partial charge in [-0.15, -0.1) is 0 Å². The van der Waals surface area contributed by atoms with Gasteiger partial charge in [0.2, 0.25) is 0 Å². The van der Waals surface area contributed by atoms with Gasteiger partial charge in [0.15, 0.2) is 0 Å². The van der Waals surface area contributed by atoms with Crippen LogP contribution in [0.25, 0.3) is 0 Å². The van der Waals surface area contributed by atoms with Crippen molar-refractivity contribution in [2.75, 3.05) is 0 Å². The van der Waals surface area contributed by atoms with Crippen molar-refractivity contribution in [3.63, 3.8) is 0 Å². The summed E-state index contributed by atoms with van der Waals surface area (Å²) in [5, 5.41) is 9.06. The third-order valence-corrected chi connectivity index (χ3v) is 1.82. The van der Waals surface area contributed by atoms with E-state index in [0.717, 1.165) is 12.0 Å². The highest BCUT2D eigenvalue weighted by molar-refractivity contribution is 4.99. The SMILES string of the molecule is C=C(CC)[C@H](C)[C@H](C)O. The number of aliphatic hydroxyl groups is 1. The molecule has 0 heterocycles. The highest BCUT2D eigenvalue weighted by Crippen LogP contribution is 2.14. The Labute approximate surface area is 57.4 Å². The van der Waals surface area contributed by atoms with Crippen LogP contribution in [0.4, 0.5) is 0 Å². The first-order valence-corrected chi connectivity index (χ1v) is 3.45. The van der Waals surface area contributed by atoms with Crippen LogP contribution < -0.4 is 0 Å². The van der Waals surface area contributed by atoms with Crippen LogP contribution >= 0.6 is 0 Å². The lowest BCUT2D eigenvalue weighted by atomic mass is 9.96. The summed E-state index contributed by atoms with van der Waals surface area (Å²) in [6, 6.07) is 0. The Balaban J connectivity index is 3.72. The molecule has 1 nitrogen and oxygen atoms in total. The van der Waals surface area contributed by atoms with Crippen LogP contribution in [-0.4, -0.2) is 11.2 Å². The van der Waals surface area contributed by atoms with Crippen LogP contribution in [0.15, 0.2) is 12.2 Å². The van der Waals surface area contributed by atoms with E-state index < -0.39 is 0 Å². The van der Waals surface area contributed by atoms with E-state index in [1.165, 1.54) is 0 Å². The molecule has 1 heteroatoms. The number of hydrogen-bond donors (Lipinski definition) is 1. The average Bonchev–Trinajstić information content (AvgIpc) is 1.84. The van der Waals surface area contributed by atoms with Gasteiger partial charge in [-0.05, 0) is 13.3 Å². The fourth-order valence-corrected chi connectivity index (χ4v) is 0.663. The smallest absolute Gasteiger partial charge is 0.0574 e. The van der Waals surface area contributed by atoms with E-state index in [0.29, 0.717) is 0 Å². The van der Waals surface area contributed by atoms with Crippen molar-refractivity contribution in [2.45, 2.75) is 33.3 Å². The second-order valence-corrected chi connectivity index (χ2v) is 2.54. The highest BCUT2D eigenvalue weighted by Gasteiger charge is 2.09. The van der Waals surface area contributed by atoms with Crippen molar-refractivity contribution < 1.29 is 5.11 Å². The molecule has 0 spiro atoms. The summed E-state index contributed by atoms with van der Waals surface area (Å²) in [5.74, 6) is 0.245. The van der Waals surface area contributed by atoms with E-state index in [-0.39, 0.29) is 12.0 Å². The molecule has 0 fully saturated rings. The van der Waals surface area contributed by atoms with Crippen LogP contribution in [0.2, 0.25) is 0 Å². The summed E-state index contributed by atoms with van der Waals surface area (Å²) in [7, 11) is 0. The third-order valence-electron chi connectivity index (χ3n) is 1.82. The predicted molar refractivity (Wildman–Crippen MR) is 40.3 cm³/mol. The average molecular weight is 128 g/mol. The van der Waals surface area contributed by atoms with Crippen LogP contribution in [-0.2, 0) is 0 Å². The van der Waals surface area contributed by atoms with Crippen LogP contribution in [0.5, 0.6) is 0 Å². The minimum absolute atomic E-state index is 0.245. The van der Waals surface area contributed by atoms with E-state index in [9.17, 15) is 0 Å². The fourth-order valence-electron chi connectivity index (χ4n) is 0.663. The zero-order valence-electron chi connectivity index (χ0n) is 6.52. The van der Waals surface area contributed by atoms with Gasteiger partial charge < -0.3 is 5.11 Å². The van der Waals surface area contributed by atoms with Gasteiger partial charge in [-0.25, -0.2) is 0 Å². The first-order chi connectivity index (χ1) is 4.09. The second-order valence-electron chi connectivity index (χ2n) is 2.54. The molecule has 0 aromatic rings. The van der Waals surface area contributed by atoms with Gasteiger partial charge in [0.1, 0.15) is 0 Å². The zero-order chi connectivity index (χ0) is 7.44. The van der Waals surface area contributed by atoms with Gasteiger partial charge in [0.25, 0.3) is 0 Å². The lowest BCUT2D eigenvalue weighted by Gasteiger charge is -2.15. The van der Waals surface area contributed by atoms with Crippen molar-refractivity contribution in [3.05, 3.63) is 12.2 Å². The molecule has 0 saturated carbocycles. The molecule has 54 valence electrons. The summed E-state index contributed by atoms with van der Waals surface area (Å²) in [5.41, 5.74) is 1.13. The van der Waals surface area contributed by atoms with Crippen molar-refractivity contribution in [3.8, 4) is 0 Å². The van der Waals surface area contributed by atoms with Crippen LogP contribution in [0, 0.1) is 5.92 Å². The summed E-state index contributed by atoms with van der Waals surface area (Å²) < 4.78 is 0. The molecule has 0 bridgehead atoms. The Morgan fingerprint density at radius 3 is 2.11 bits per heavy atom. The Bertz CT molecular complexity index is 94.7. The molecule has 0 aromatic carbocycles. The molecule has 0 aliphatic carbocycles. The lowest BCUT2D eigenvalue weighted by Crippen LogP contribution is -2.14. The number of aliphatic hydroxyl groups excluding tert-OH is 1. The first kappa shape index (κ1) is 8.70. The van der Waals surface area contributed by atoms with E-state index in [1.54, 1.807) is 6.92 Å². The van der Waals surface area contributed by atoms with Crippen LogP contribution in [0.3, 0.4) is 0 Å². The lowest BCUT2D eigenvalue weighted by molar-refractivity contribution is 0.151. The Morgan fingerprint density at radius 2 is 2.00 bits per heavy atom. The van der Waals surface area contributed by atoms with E-state index in [4.69, 9.17) is 5.11 Å².